The van der Waals surface area contributed by atoms with Crippen LogP contribution in [0.4, 0.5) is 0 Å². The molecule has 0 atom stereocenters. The number of hydrogen-bond acceptors (Lipinski definition) is 4. The second-order valence-electron chi connectivity index (χ2n) is 9.64. The number of hydrogen-bond donors (Lipinski definition) is 2. The molecule has 196 valence electrons. The van der Waals surface area contributed by atoms with Crippen LogP contribution in [0, 0.1) is 6.92 Å². The van der Waals surface area contributed by atoms with Gasteiger partial charge in [0.25, 0.3) is 0 Å². The third kappa shape index (κ3) is 10.3. The monoisotopic (exact) mass is 484 g/mol. The van der Waals surface area contributed by atoms with E-state index < -0.39 is 0 Å². The van der Waals surface area contributed by atoms with Crippen molar-refractivity contribution in [1.82, 2.24) is 0 Å². The van der Waals surface area contributed by atoms with Gasteiger partial charge < -0.3 is 19.7 Å². The van der Waals surface area contributed by atoms with Crippen molar-refractivity contribution in [2.24, 2.45) is 0 Å². The van der Waals surface area contributed by atoms with Gasteiger partial charge in [-0.1, -0.05) is 59.9 Å². The number of phenolic OH excluding ortho intramolecular Hbond substituents is 2. The van der Waals surface area contributed by atoms with Crippen LogP contribution in [0.5, 0.6) is 23.0 Å². The number of allylic oxidation sites excluding steroid dienone is 8. The Hall–Kier alpha value is -2.62. The van der Waals surface area contributed by atoms with Crippen LogP contribution in [0.15, 0.2) is 46.6 Å². The Balaban J connectivity index is 2.57. The molecule has 0 heterocycles. The predicted octanol–water partition coefficient (Wildman–Crippen LogP) is 8.89. The first-order valence-electron chi connectivity index (χ1n) is 12.9. The first-order valence-corrected chi connectivity index (χ1v) is 12.9. The Labute approximate surface area is 214 Å². The van der Waals surface area contributed by atoms with Gasteiger partial charge in [-0.05, 0) is 86.0 Å². The highest BCUT2D eigenvalue weighted by molar-refractivity contribution is 5.66. The highest BCUT2D eigenvalue weighted by Gasteiger charge is 2.22. The second kappa shape index (κ2) is 16.1. The molecule has 0 aromatic heterocycles. The van der Waals surface area contributed by atoms with Crippen molar-refractivity contribution in [1.29, 1.82) is 0 Å². The maximum atomic E-state index is 10.6. The van der Waals surface area contributed by atoms with Gasteiger partial charge >= 0.3 is 0 Å². The minimum absolute atomic E-state index is 0.00844. The van der Waals surface area contributed by atoms with Crippen molar-refractivity contribution in [2.75, 3.05) is 14.2 Å². The van der Waals surface area contributed by atoms with Crippen LogP contribution in [-0.2, 0) is 6.42 Å². The van der Waals surface area contributed by atoms with Crippen LogP contribution in [0.1, 0.15) is 97.1 Å². The van der Waals surface area contributed by atoms with Crippen molar-refractivity contribution in [3.63, 3.8) is 0 Å². The zero-order chi connectivity index (χ0) is 26.4. The SMILES string of the molecule is CCC/C(C)=C\CC/C(C)=C/CC/C(C)=C/CC/C(C)=C/Cc1c(C)c(O)c(OC)c(OC)c1O. The van der Waals surface area contributed by atoms with Gasteiger partial charge in [0.05, 0.1) is 14.2 Å². The van der Waals surface area contributed by atoms with Gasteiger partial charge in [0.2, 0.25) is 11.5 Å². The van der Waals surface area contributed by atoms with Gasteiger partial charge in [-0.15, -0.1) is 0 Å². The number of rotatable bonds is 15. The third-order valence-corrected chi connectivity index (χ3v) is 6.53. The molecule has 0 amide bonds. The molecule has 2 N–H and O–H groups in total. The van der Waals surface area contributed by atoms with Crippen molar-refractivity contribution in [3.8, 4) is 23.0 Å². The summed E-state index contributed by atoms with van der Waals surface area (Å²) < 4.78 is 10.5. The molecule has 35 heavy (non-hydrogen) atoms. The number of benzene rings is 1. The van der Waals surface area contributed by atoms with Gasteiger partial charge in [-0.25, -0.2) is 0 Å². The number of phenols is 2. The molecule has 0 bridgehead atoms. The summed E-state index contributed by atoms with van der Waals surface area (Å²) in [7, 11) is 2.90. The van der Waals surface area contributed by atoms with Crippen molar-refractivity contribution in [3.05, 3.63) is 57.7 Å². The van der Waals surface area contributed by atoms with Crippen molar-refractivity contribution in [2.45, 2.75) is 99.3 Å². The lowest BCUT2D eigenvalue weighted by Gasteiger charge is -2.17. The summed E-state index contributed by atoms with van der Waals surface area (Å²) in [5.41, 5.74) is 6.94. The van der Waals surface area contributed by atoms with Gasteiger partial charge in [-0.3, -0.25) is 0 Å². The van der Waals surface area contributed by atoms with E-state index in [1.807, 2.05) is 0 Å². The topological polar surface area (TPSA) is 58.9 Å². The van der Waals surface area contributed by atoms with E-state index in [4.69, 9.17) is 9.47 Å². The molecule has 0 saturated carbocycles. The van der Waals surface area contributed by atoms with Crippen LogP contribution >= 0.6 is 0 Å². The summed E-state index contributed by atoms with van der Waals surface area (Å²) in [5, 5.41) is 21.0. The lowest BCUT2D eigenvalue weighted by Crippen LogP contribution is -1.98. The van der Waals surface area contributed by atoms with E-state index >= 15 is 0 Å². The van der Waals surface area contributed by atoms with Gasteiger partial charge in [0, 0.05) is 11.1 Å². The summed E-state index contributed by atoms with van der Waals surface area (Å²) in [6, 6.07) is 0. The van der Waals surface area contributed by atoms with Gasteiger partial charge in [-0.2, -0.15) is 0 Å². The molecular formula is C31H48O4. The van der Waals surface area contributed by atoms with Crippen molar-refractivity contribution >= 4 is 0 Å². The molecule has 0 unspecified atom stereocenters. The minimum atomic E-state index is 0.00844. The Morgan fingerprint density at radius 3 is 1.49 bits per heavy atom. The van der Waals surface area contributed by atoms with Crippen LogP contribution in [0.2, 0.25) is 0 Å². The highest BCUT2D eigenvalue weighted by atomic mass is 16.5. The van der Waals surface area contributed by atoms with E-state index in [0.29, 0.717) is 17.5 Å². The average molecular weight is 485 g/mol. The van der Waals surface area contributed by atoms with Gasteiger partial charge in [0.15, 0.2) is 11.5 Å². The molecule has 4 nitrogen and oxygen atoms in total. The maximum Gasteiger partial charge on any atom is 0.207 e. The molecule has 4 heteroatoms. The Bertz CT molecular complexity index is 932. The molecule has 0 radical (unpaired) electrons. The van der Waals surface area contributed by atoms with E-state index in [9.17, 15) is 10.2 Å². The molecule has 0 fully saturated rings. The molecule has 0 aliphatic carbocycles. The summed E-state index contributed by atoms with van der Waals surface area (Å²) in [6.07, 6.45) is 18.7. The summed E-state index contributed by atoms with van der Waals surface area (Å²) in [5.74, 6) is 0.364. The fourth-order valence-electron chi connectivity index (χ4n) is 4.19. The smallest absolute Gasteiger partial charge is 0.207 e. The lowest BCUT2D eigenvalue weighted by atomic mass is 9.99. The minimum Gasteiger partial charge on any atom is -0.504 e. The zero-order valence-electron chi connectivity index (χ0n) is 23.4. The number of methoxy groups -OCH3 is 2. The van der Waals surface area contributed by atoms with E-state index in [-0.39, 0.29) is 23.0 Å². The molecule has 0 spiro atoms. The standard InChI is InChI=1S/C31H48O4/c1-9-13-22(2)14-10-15-23(3)16-11-17-24(4)18-12-19-25(5)20-21-27-26(6)28(32)30(34-7)31(35-8)29(27)33/h14,16,18,20,32-33H,9-13,15,17,19,21H2,1-8H3/b22-14-,23-16+,24-18+,25-20+. The molecule has 0 saturated heterocycles. The summed E-state index contributed by atoms with van der Waals surface area (Å²) >= 11 is 0. The molecule has 1 aromatic carbocycles. The molecule has 0 aliphatic rings. The first-order chi connectivity index (χ1) is 16.7. The molecule has 1 aromatic rings. The lowest BCUT2D eigenvalue weighted by molar-refractivity contribution is 0.314. The maximum absolute atomic E-state index is 10.6. The van der Waals surface area contributed by atoms with E-state index in [1.165, 1.54) is 49.4 Å². The summed E-state index contributed by atoms with van der Waals surface area (Å²) in [6.45, 7) is 12.8. The predicted molar refractivity (Wildman–Crippen MR) is 149 cm³/mol. The average Bonchev–Trinajstić information content (AvgIpc) is 2.81. The summed E-state index contributed by atoms with van der Waals surface area (Å²) in [4.78, 5) is 0. The van der Waals surface area contributed by atoms with E-state index in [0.717, 1.165) is 38.5 Å². The quantitative estimate of drug-likeness (QED) is 0.193. The first kappa shape index (κ1) is 30.4. The molecule has 0 aliphatic heterocycles. The fourth-order valence-corrected chi connectivity index (χ4v) is 4.19. The Kier molecular flexibility index (Phi) is 14.0. The third-order valence-electron chi connectivity index (χ3n) is 6.53. The van der Waals surface area contributed by atoms with Crippen LogP contribution in [0.3, 0.4) is 0 Å². The normalized spacial score (nSPS) is 13.4. The van der Waals surface area contributed by atoms with Crippen LogP contribution in [0.25, 0.3) is 0 Å². The second-order valence-corrected chi connectivity index (χ2v) is 9.64. The Morgan fingerprint density at radius 2 is 1.06 bits per heavy atom. The number of ether oxygens (including phenoxy) is 2. The zero-order valence-corrected chi connectivity index (χ0v) is 23.4. The largest absolute Gasteiger partial charge is 0.504 e. The van der Waals surface area contributed by atoms with Crippen LogP contribution < -0.4 is 9.47 Å². The fraction of sp³-hybridized carbons (Fsp3) is 0.548. The van der Waals surface area contributed by atoms with Crippen molar-refractivity contribution < 1.29 is 19.7 Å². The van der Waals surface area contributed by atoms with E-state index in [1.54, 1.807) is 6.92 Å². The van der Waals surface area contributed by atoms with Gasteiger partial charge in [0.1, 0.15) is 0 Å². The highest BCUT2D eigenvalue weighted by Crippen LogP contribution is 2.48. The van der Waals surface area contributed by atoms with Crippen LogP contribution in [-0.4, -0.2) is 24.4 Å². The van der Waals surface area contributed by atoms with E-state index in [2.05, 4.69) is 58.9 Å². The number of aromatic hydroxyl groups is 2. The Morgan fingerprint density at radius 1 is 0.657 bits per heavy atom. The molecular weight excluding hydrogens is 436 g/mol. The molecule has 1 rings (SSSR count).